The molecular formula is C11H24N2. The lowest BCUT2D eigenvalue weighted by molar-refractivity contribution is 0.161. The molecule has 0 amide bonds. The smallest absolute Gasteiger partial charge is 0.00786 e. The second-order valence-electron chi connectivity index (χ2n) is 4.80. The number of nitrogens with two attached hydrogens (primary N) is 1. The fourth-order valence-corrected chi connectivity index (χ4v) is 1.98. The minimum atomic E-state index is 0.332. The normalized spacial score (nSPS) is 22.8. The van der Waals surface area contributed by atoms with Gasteiger partial charge in [-0.2, -0.15) is 0 Å². The van der Waals surface area contributed by atoms with Crippen LogP contribution in [0.5, 0.6) is 0 Å². The van der Waals surface area contributed by atoms with Gasteiger partial charge in [0.15, 0.2) is 0 Å². The van der Waals surface area contributed by atoms with Gasteiger partial charge < -0.3 is 10.6 Å². The van der Waals surface area contributed by atoms with E-state index in [0.717, 1.165) is 12.3 Å². The van der Waals surface area contributed by atoms with Gasteiger partial charge in [0.25, 0.3) is 0 Å². The fraction of sp³-hybridized carbons (Fsp3) is 1.00. The summed E-state index contributed by atoms with van der Waals surface area (Å²) in [5.41, 5.74) is 5.78. The number of nitrogens with zero attached hydrogens (tertiary/aromatic N) is 1. The van der Waals surface area contributed by atoms with E-state index in [-0.39, 0.29) is 0 Å². The predicted octanol–water partition coefficient (Wildman–Crippen LogP) is 1.84. The lowest BCUT2D eigenvalue weighted by atomic mass is 9.85. The molecule has 1 saturated carbocycles. The van der Waals surface area contributed by atoms with Crippen LogP contribution in [0.2, 0.25) is 0 Å². The van der Waals surface area contributed by atoms with E-state index in [9.17, 15) is 0 Å². The molecule has 1 aliphatic carbocycles. The first-order valence-corrected chi connectivity index (χ1v) is 5.55. The Kier molecular flexibility index (Phi) is 4.20. The zero-order valence-corrected chi connectivity index (χ0v) is 9.29. The largest absolute Gasteiger partial charge is 0.328 e. The van der Waals surface area contributed by atoms with E-state index in [4.69, 9.17) is 5.73 Å². The molecule has 0 saturated heterocycles. The van der Waals surface area contributed by atoms with Crippen molar-refractivity contribution in [1.82, 2.24) is 4.90 Å². The first-order valence-electron chi connectivity index (χ1n) is 5.55. The van der Waals surface area contributed by atoms with Crippen molar-refractivity contribution in [3.05, 3.63) is 0 Å². The maximum Gasteiger partial charge on any atom is 0.00786 e. The number of hydrogen-bond acceptors (Lipinski definition) is 2. The van der Waals surface area contributed by atoms with Crippen LogP contribution in [0, 0.1) is 5.92 Å². The molecule has 0 radical (unpaired) electrons. The highest BCUT2D eigenvalue weighted by atomic mass is 15.1. The number of hydrogen-bond donors (Lipinski definition) is 1. The second-order valence-corrected chi connectivity index (χ2v) is 4.80. The maximum absolute atomic E-state index is 5.78. The zero-order chi connectivity index (χ0) is 9.84. The van der Waals surface area contributed by atoms with Gasteiger partial charge in [-0.05, 0) is 46.1 Å². The molecule has 2 atom stereocenters. The summed E-state index contributed by atoms with van der Waals surface area (Å²) in [7, 11) is 2.23. The molecule has 0 aliphatic heterocycles. The summed E-state index contributed by atoms with van der Waals surface area (Å²) in [5, 5.41) is 0. The van der Waals surface area contributed by atoms with Gasteiger partial charge in [-0.1, -0.05) is 6.42 Å². The van der Waals surface area contributed by atoms with Crippen LogP contribution in [-0.4, -0.2) is 30.6 Å². The highest BCUT2D eigenvalue weighted by Gasteiger charge is 2.21. The van der Waals surface area contributed by atoms with E-state index in [1.54, 1.807) is 0 Å². The van der Waals surface area contributed by atoms with Crippen LogP contribution in [0.15, 0.2) is 0 Å². The molecule has 1 rings (SSSR count). The van der Waals surface area contributed by atoms with Crippen molar-refractivity contribution in [2.45, 2.75) is 51.6 Å². The Morgan fingerprint density at radius 1 is 1.38 bits per heavy atom. The zero-order valence-electron chi connectivity index (χ0n) is 9.29. The average molecular weight is 184 g/mol. The van der Waals surface area contributed by atoms with E-state index in [2.05, 4.69) is 25.8 Å². The molecule has 0 aromatic heterocycles. The van der Waals surface area contributed by atoms with E-state index >= 15 is 0 Å². The molecule has 0 aromatic rings. The topological polar surface area (TPSA) is 29.3 Å². The van der Waals surface area contributed by atoms with Gasteiger partial charge in [0.1, 0.15) is 0 Å². The van der Waals surface area contributed by atoms with Gasteiger partial charge in [0.05, 0.1) is 0 Å². The molecule has 2 heteroatoms. The molecule has 0 bridgehead atoms. The van der Waals surface area contributed by atoms with Gasteiger partial charge in [0.2, 0.25) is 0 Å². The lowest BCUT2D eigenvalue weighted by Gasteiger charge is -2.34. The highest BCUT2D eigenvalue weighted by Crippen LogP contribution is 2.27. The van der Waals surface area contributed by atoms with Crippen LogP contribution in [0.1, 0.15) is 39.5 Å². The molecule has 0 heterocycles. The first kappa shape index (κ1) is 11.0. The summed E-state index contributed by atoms with van der Waals surface area (Å²) in [6, 6.07) is 0.972. The van der Waals surface area contributed by atoms with Gasteiger partial charge >= 0.3 is 0 Å². The molecule has 0 aromatic carbocycles. The van der Waals surface area contributed by atoms with Crippen LogP contribution >= 0.6 is 0 Å². The maximum atomic E-state index is 5.78. The monoisotopic (exact) mass is 184 g/mol. The third-order valence-corrected chi connectivity index (χ3v) is 3.24. The van der Waals surface area contributed by atoms with Crippen molar-refractivity contribution in [2.75, 3.05) is 13.6 Å². The summed E-state index contributed by atoms with van der Waals surface area (Å²) >= 11 is 0. The van der Waals surface area contributed by atoms with Crippen molar-refractivity contribution in [2.24, 2.45) is 11.7 Å². The van der Waals surface area contributed by atoms with Crippen molar-refractivity contribution in [3.8, 4) is 0 Å². The van der Waals surface area contributed by atoms with Crippen molar-refractivity contribution < 1.29 is 0 Å². The van der Waals surface area contributed by atoms with Crippen LogP contribution < -0.4 is 5.73 Å². The Bertz CT molecular complexity index is 141. The fourth-order valence-electron chi connectivity index (χ4n) is 1.98. The van der Waals surface area contributed by atoms with E-state index in [1.807, 2.05) is 0 Å². The second kappa shape index (κ2) is 4.97. The molecule has 2 unspecified atom stereocenters. The Labute approximate surface area is 82.5 Å². The summed E-state index contributed by atoms with van der Waals surface area (Å²) < 4.78 is 0. The Morgan fingerprint density at radius 2 is 2.00 bits per heavy atom. The molecule has 0 spiro atoms. The first-order chi connectivity index (χ1) is 6.09. The Hall–Kier alpha value is -0.0800. The SMILES string of the molecule is CC(N)CC(C)N(C)CC1CCC1. The summed E-state index contributed by atoms with van der Waals surface area (Å²) in [4.78, 5) is 2.47. The summed E-state index contributed by atoms with van der Waals surface area (Å²) in [6.45, 7) is 5.64. The third kappa shape index (κ3) is 3.65. The average Bonchev–Trinajstić information content (AvgIpc) is 1.94. The standard InChI is InChI=1S/C11H24N2/c1-9(12)7-10(2)13(3)8-11-5-4-6-11/h9-11H,4-8,12H2,1-3H3. The predicted molar refractivity (Wildman–Crippen MR) is 57.7 cm³/mol. The van der Waals surface area contributed by atoms with Crippen molar-refractivity contribution in [1.29, 1.82) is 0 Å². The Morgan fingerprint density at radius 3 is 2.38 bits per heavy atom. The van der Waals surface area contributed by atoms with Crippen LogP contribution in [0.25, 0.3) is 0 Å². The van der Waals surface area contributed by atoms with Gasteiger partial charge in [-0.25, -0.2) is 0 Å². The molecule has 78 valence electrons. The minimum Gasteiger partial charge on any atom is -0.328 e. The van der Waals surface area contributed by atoms with Gasteiger partial charge in [0, 0.05) is 18.6 Å². The highest BCUT2D eigenvalue weighted by molar-refractivity contribution is 4.76. The van der Waals surface area contributed by atoms with Gasteiger partial charge in [-0.15, -0.1) is 0 Å². The molecule has 1 aliphatic rings. The molecule has 13 heavy (non-hydrogen) atoms. The van der Waals surface area contributed by atoms with Crippen LogP contribution in [0.4, 0.5) is 0 Å². The van der Waals surface area contributed by atoms with Crippen molar-refractivity contribution in [3.63, 3.8) is 0 Å². The van der Waals surface area contributed by atoms with E-state index in [1.165, 1.54) is 25.8 Å². The minimum absolute atomic E-state index is 0.332. The summed E-state index contributed by atoms with van der Waals surface area (Å²) in [6.07, 6.45) is 5.44. The Balaban J connectivity index is 2.16. The van der Waals surface area contributed by atoms with Crippen LogP contribution in [0.3, 0.4) is 0 Å². The van der Waals surface area contributed by atoms with E-state index in [0.29, 0.717) is 12.1 Å². The van der Waals surface area contributed by atoms with Crippen LogP contribution in [-0.2, 0) is 0 Å². The molecule has 2 nitrogen and oxygen atoms in total. The quantitative estimate of drug-likeness (QED) is 0.706. The molecule has 2 N–H and O–H groups in total. The molecular weight excluding hydrogens is 160 g/mol. The number of rotatable bonds is 5. The van der Waals surface area contributed by atoms with Gasteiger partial charge in [-0.3, -0.25) is 0 Å². The molecule has 1 fully saturated rings. The van der Waals surface area contributed by atoms with E-state index < -0.39 is 0 Å². The lowest BCUT2D eigenvalue weighted by Crippen LogP contribution is -2.38. The summed E-state index contributed by atoms with van der Waals surface area (Å²) in [5.74, 6) is 0.973. The van der Waals surface area contributed by atoms with Crippen molar-refractivity contribution >= 4 is 0 Å². The third-order valence-electron chi connectivity index (χ3n) is 3.24.